The van der Waals surface area contributed by atoms with E-state index in [1.165, 1.54) is 5.56 Å². The summed E-state index contributed by atoms with van der Waals surface area (Å²) in [5.41, 5.74) is 4.99. The number of aryl methyl sites for hydroxylation is 2. The second kappa shape index (κ2) is 7.90. The van der Waals surface area contributed by atoms with Crippen molar-refractivity contribution in [2.45, 2.75) is 52.1 Å². The van der Waals surface area contributed by atoms with Gasteiger partial charge in [0.05, 0.1) is 7.11 Å². The SMILES string of the molecule is COc1cc(NC(=O)C2CCC(N3Cc4c(C)cccc4C3=O)CC2)ccc1C. The third-order valence-electron chi connectivity index (χ3n) is 6.41. The van der Waals surface area contributed by atoms with Gasteiger partial charge in [0.1, 0.15) is 5.75 Å². The van der Waals surface area contributed by atoms with Crippen LogP contribution in [0.2, 0.25) is 0 Å². The maximum Gasteiger partial charge on any atom is 0.254 e. The van der Waals surface area contributed by atoms with E-state index in [-0.39, 0.29) is 23.8 Å². The van der Waals surface area contributed by atoms with E-state index in [9.17, 15) is 9.59 Å². The summed E-state index contributed by atoms with van der Waals surface area (Å²) in [6, 6.07) is 11.9. The first-order valence-electron chi connectivity index (χ1n) is 10.3. The van der Waals surface area contributed by atoms with Crippen LogP contribution in [0.5, 0.6) is 5.75 Å². The summed E-state index contributed by atoms with van der Waals surface area (Å²) in [7, 11) is 1.63. The van der Waals surface area contributed by atoms with Crippen LogP contribution in [0.4, 0.5) is 5.69 Å². The quantitative estimate of drug-likeness (QED) is 0.835. The molecule has 1 N–H and O–H groups in total. The Morgan fingerprint density at radius 2 is 1.83 bits per heavy atom. The number of carbonyl (C=O) groups is 2. The van der Waals surface area contributed by atoms with Crippen molar-refractivity contribution in [3.63, 3.8) is 0 Å². The van der Waals surface area contributed by atoms with Crippen LogP contribution in [0.15, 0.2) is 36.4 Å². The van der Waals surface area contributed by atoms with Gasteiger partial charge in [-0.15, -0.1) is 0 Å². The Morgan fingerprint density at radius 1 is 1.07 bits per heavy atom. The van der Waals surface area contributed by atoms with E-state index in [4.69, 9.17) is 4.74 Å². The van der Waals surface area contributed by atoms with Crippen LogP contribution in [0.1, 0.15) is 52.7 Å². The zero-order valence-corrected chi connectivity index (χ0v) is 17.3. The number of methoxy groups -OCH3 is 1. The lowest BCUT2D eigenvalue weighted by atomic mass is 9.84. The normalized spacial score (nSPS) is 21.1. The predicted octanol–water partition coefficient (Wildman–Crippen LogP) is 4.47. The number of nitrogens with zero attached hydrogens (tertiary/aromatic N) is 1. The first-order valence-corrected chi connectivity index (χ1v) is 10.3. The maximum absolute atomic E-state index is 12.8. The molecule has 5 heteroatoms. The Labute approximate surface area is 172 Å². The van der Waals surface area contributed by atoms with Crippen LogP contribution in [-0.2, 0) is 11.3 Å². The summed E-state index contributed by atoms with van der Waals surface area (Å²) in [5, 5.41) is 3.03. The number of fused-ring (bicyclic) bond motifs is 1. The lowest BCUT2D eigenvalue weighted by Gasteiger charge is -2.34. The fourth-order valence-electron chi connectivity index (χ4n) is 4.60. The molecule has 0 radical (unpaired) electrons. The largest absolute Gasteiger partial charge is 0.496 e. The topological polar surface area (TPSA) is 58.6 Å². The Hall–Kier alpha value is -2.82. The molecule has 1 aliphatic heterocycles. The van der Waals surface area contributed by atoms with E-state index >= 15 is 0 Å². The van der Waals surface area contributed by atoms with E-state index in [2.05, 4.69) is 18.3 Å². The third-order valence-corrected chi connectivity index (χ3v) is 6.41. The zero-order chi connectivity index (χ0) is 20.5. The summed E-state index contributed by atoms with van der Waals surface area (Å²) in [6.07, 6.45) is 3.35. The predicted molar refractivity (Wildman–Crippen MR) is 113 cm³/mol. The van der Waals surface area contributed by atoms with Gasteiger partial charge in [-0.2, -0.15) is 0 Å². The zero-order valence-electron chi connectivity index (χ0n) is 17.3. The molecule has 2 aromatic carbocycles. The second-order valence-corrected chi connectivity index (χ2v) is 8.21. The molecule has 0 bridgehead atoms. The van der Waals surface area contributed by atoms with Crippen molar-refractivity contribution in [2.24, 2.45) is 5.92 Å². The average Bonchev–Trinajstić information content (AvgIpc) is 3.07. The second-order valence-electron chi connectivity index (χ2n) is 8.21. The number of nitrogens with one attached hydrogen (secondary N) is 1. The van der Waals surface area contributed by atoms with Gasteiger partial charge in [0, 0.05) is 35.8 Å². The molecule has 2 aliphatic rings. The maximum atomic E-state index is 12.8. The number of anilines is 1. The molecule has 2 aromatic rings. The van der Waals surface area contributed by atoms with E-state index in [0.29, 0.717) is 6.54 Å². The standard InChI is InChI=1S/C24H28N2O3/c1-15-5-4-6-20-21(15)14-26(24(20)28)19-11-8-17(9-12-19)23(27)25-18-10-7-16(2)22(13-18)29-3/h4-7,10,13,17,19H,8-9,11-12,14H2,1-3H3,(H,25,27). The summed E-state index contributed by atoms with van der Waals surface area (Å²) in [5.74, 6) is 0.957. The van der Waals surface area contributed by atoms with Gasteiger partial charge >= 0.3 is 0 Å². The molecule has 2 amide bonds. The van der Waals surface area contributed by atoms with Crippen molar-refractivity contribution >= 4 is 17.5 Å². The first-order chi connectivity index (χ1) is 14.0. The highest BCUT2D eigenvalue weighted by atomic mass is 16.5. The molecule has 29 heavy (non-hydrogen) atoms. The molecule has 0 spiro atoms. The lowest BCUT2D eigenvalue weighted by molar-refractivity contribution is -0.121. The number of hydrogen-bond donors (Lipinski definition) is 1. The van der Waals surface area contributed by atoms with Gasteiger partial charge in [0.15, 0.2) is 0 Å². The highest BCUT2D eigenvalue weighted by molar-refractivity contribution is 5.99. The molecule has 0 aromatic heterocycles. The van der Waals surface area contributed by atoms with Crippen LogP contribution >= 0.6 is 0 Å². The number of hydrogen-bond acceptors (Lipinski definition) is 3. The fraction of sp³-hybridized carbons (Fsp3) is 0.417. The molecule has 1 saturated carbocycles. The Morgan fingerprint density at radius 3 is 2.52 bits per heavy atom. The number of rotatable bonds is 4. The van der Waals surface area contributed by atoms with Crippen LogP contribution in [0.3, 0.4) is 0 Å². The minimum absolute atomic E-state index is 0.0136. The minimum atomic E-state index is -0.0136. The van der Waals surface area contributed by atoms with E-state index < -0.39 is 0 Å². The van der Waals surface area contributed by atoms with E-state index in [0.717, 1.165) is 53.8 Å². The molecule has 0 unspecified atom stereocenters. The molecule has 0 saturated heterocycles. The molecule has 152 valence electrons. The van der Waals surface area contributed by atoms with Crippen LogP contribution < -0.4 is 10.1 Å². The Bertz CT molecular complexity index is 945. The summed E-state index contributed by atoms with van der Waals surface area (Å²) < 4.78 is 5.34. The van der Waals surface area contributed by atoms with Gasteiger partial charge in [-0.3, -0.25) is 9.59 Å². The Balaban J connectivity index is 1.36. The summed E-state index contributed by atoms with van der Waals surface area (Å²) >= 11 is 0. The van der Waals surface area contributed by atoms with Crippen molar-refractivity contribution in [3.8, 4) is 5.75 Å². The van der Waals surface area contributed by atoms with Crippen LogP contribution in [-0.4, -0.2) is 29.9 Å². The lowest BCUT2D eigenvalue weighted by Crippen LogP contribution is -2.40. The van der Waals surface area contributed by atoms with E-state index in [1.54, 1.807) is 7.11 Å². The van der Waals surface area contributed by atoms with Crippen molar-refractivity contribution in [1.29, 1.82) is 0 Å². The van der Waals surface area contributed by atoms with Gasteiger partial charge in [0.25, 0.3) is 5.91 Å². The number of carbonyl (C=O) groups excluding carboxylic acids is 2. The average molecular weight is 392 g/mol. The van der Waals surface area contributed by atoms with Gasteiger partial charge < -0.3 is 15.0 Å². The monoisotopic (exact) mass is 392 g/mol. The van der Waals surface area contributed by atoms with Gasteiger partial charge in [-0.25, -0.2) is 0 Å². The number of amides is 2. The number of benzene rings is 2. The minimum Gasteiger partial charge on any atom is -0.496 e. The van der Waals surface area contributed by atoms with Gasteiger partial charge in [-0.1, -0.05) is 18.2 Å². The summed E-state index contributed by atoms with van der Waals surface area (Å²) in [6.45, 7) is 4.74. The van der Waals surface area contributed by atoms with Gasteiger partial charge in [-0.05, 0) is 68.4 Å². The molecule has 0 atom stereocenters. The molecule has 1 fully saturated rings. The molecule has 1 heterocycles. The first kappa shape index (κ1) is 19.5. The van der Waals surface area contributed by atoms with Crippen LogP contribution in [0.25, 0.3) is 0 Å². The fourth-order valence-corrected chi connectivity index (χ4v) is 4.60. The van der Waals surface area contributed by atoms with Gasteiger partial charge in [0.2, 0.25) is 5.91 Å². The molecule has 1 aliphatic carbocycles. The number of ether oxygens (including phenoxy) is 1. The highest BCUT2D eigenvalue weighted by Crippen LogP contribution is 2.34. The third kappa shape index (κ3) is 3.74. The van der Waals surface area contributed by atoms with E-state index in [1.807, 2.05) is 42.2 Å². The molecular formula is C24H28N2O3. The van der Waals surface area contributed by atoms with Crippen molar-refractivity contribution in [3.05, 3.63) is 58.7 Å². The Kier molecular flexibility index (Phi) is 5.31. The van der Waals surface area contributed by atoms with Crippen molar-refractivity contribution in [1.82, 2.24) is 4.90 Å². The summed E-state index contributed by atoms with van der Waals surface area (Å²) in [4.78, 5) is 27.6. The van der Waals surface area contributed by atoms with Crippen molar-refractivity contribution in [2.75, 3.05) is 12.4 Å². The molecule has 4 rings (SSSR count). The molecule has 5 nitrogen and oxygen atoms in total. The highest BCUT2D eigenvalue weighted by Gasteiger charge is 2.36. The molecular weight excluding hydrogens is 364 g/mol. The van der Waals surface area contributed by atoms with Crippen molar-refractivity contribution < 1.29 is 14.3 Å². The van der Waals surface area contributed by atoms with Crippen LogP contribution in [0, 0.1) is 19.8 Å². The smallest absolute Gasteiger partial charge is 0.254 e.